The Hall–Kier alpha value is -1.44. The van der Waals surface area contributed by atoms with Crippen LogP contribution in [0.1, 0.15) is 32.5 Å². The van der Waals surface area contributed by atoms with Crippen molar-refractivity contribution in [2.24, 2.45) is 5.73 Å². The fourth-order valence-electron chi connectivity index (χ4n) is 1.79. The molecule has 0 radical (unpaired) electrons. The summed E-state index contributed by atoms with van der Waals surface area (Å²) in [5, 5.41) is 0.147. The van der Waals surface area contributed by atoms with Crippen molar-refractivity contribution >= 4 is 14.4 Å². The van der Waals surface area contributed by atoms with Gasteiger partial charge in [0.2, 0.25) is 0 Å². The van der Waals surface area contributed by atoms with Crippen LogP contribution in [0.4, 0.5) is 4.79 Å². The van der Waals surface area contributed by atoms with E-state index in [9.17, 15) is 4.79 Å². The molecule has 0 aromatic carbocycles. The number of likely N-dealkylation sites (N-methyl/N-ethyl adjacent to an activating group) is 1. The largest absolute Gasteiger partial charge is 0.415 e. The second kappa shape index (κ2) is 7.42. The van der Waals surface area contributed by atoms with Gasteiger partial charge in [-0.1, -0.05) is 20.8 Å². The molecule has 6 nitrogen and oxygen atoms in total. The second-order valence-corrected chi connectivity index (χ2v) is 12.2. The number of carbonyl (C=O) groups is 1. The summed E-state index contributed by atoms with van der Waals surface area (Å²) >= 11 is 0. The van der Waals surface area contributed by atoms with Crippen molar-refractivity contribution < 1.29 is 14.0 Å². The number of hydrogen-bond donors (Lipinski definition) is 1. The number of amides is 1. The van der Waals surface area contributed by atoms with Crippen molar-refractivity contribution in [1.29, 1.82) is 0 Å². The molecule has 0 spiro atoms. The van der Waals surface area contributed by atoms with Gasteiger partial charge in [0.05, 0.1) is 18.3 Å². The van der Waals surface area contributed by atoms with Gasteiger partial charge in [-0.3, -0.25) is 9.88 Å². The molecule has 23 heavy (non-hydrogen) atoms. The minimum Gasteiger partial charge on any atom is -0.415 e. The van der Waals surface area contributed by atoms with Crippen LogP contribution in [-0.4, -0.2) is 45.0 Å². The van der Waals surface area contributed by atoms with E-state index in [4.69, 9.17) is 14.9 Å². The van der Waals surface area contributed by atoms with Crippen LogP contribution in [0.5, 0.6) is 5.75 Å². The molecule has 0 aliphatic heterocycles. The van der Waals surface area contributed by atoms with Gasteiger partial charge in [-0.2, -0.15) is 0 Å². The number of nitrogens with two attached hydrogens (primary N) is 1. The summed E-state index contributed by atoms with van der Waals surface area (Å²) in [7, 11) is 2.10. The molecular formula is C16H29N3O3Si. The molecule has 0 bridgehead atoms. The molecule has 1 aromatic heterocycles. The van der Waals surface area contributed by atoms with Crippen molar-refractivity contribution in [1.82, 2.24) is 9.88 Å². The van der Waals surface area contributed by atoms with Gasteiger partial charge >= 0.3 is 6.09 Å². The predicted octanol–water partition coefficient (Wildman–Crippen LogP) is 3.16. The van der Waals surface area contributed by atoms with Crippen molar-refractivity contribution in [3.63, 3.8) is 0 Å². The molecule has 0 aliphatic rings. The van der Waals surface area contributed by atoms with E-state index in [0.29, 0.717) is 12.4 Å². The first-order valence-corrected chi connectivity index (χ1v) is 10.6. The molecule has 2 N–H and O–H groups in total. The molecule has 0 saturated carbocycles. The highest BCUT2D eigenvalue weighted by molar-refractivity contribution is 6.74. The molecule has 0 unspecified atom stereocenters. The minimum absolute atomic E-state index is 0.0273. The maximum absolute atomic E-state index is 10.9. The Morgan fingerprint density at radius 1 is 1.39 bits per heavy atom. The van der Waals surface area contributed by atoms with Crippen LogP contribution < -0.4 is 10.5 Å². The third-order valence-electron chi connectivity index (χ3n) is 4.34. The molecule has 1 amide bonds. The summed E-state index contributed by atoms with van der Waals surface area (Å²) in [5.41, 5.74) is 5.85. The standard InChI is InChI=1S/C16H29N3O3Si/c1-16(2,3)23(6,7)21-11-14(19(4)5)13-10-12(8-9-18-13)22-15(17)20/h8-10,14H,11H2,1-7H3,(H2,17,20)/t14-/m0/s1. The minimum atomic E-state index is -1.85. The van der Waals surface area contributed by atoms with Crippen LogP contribution in [0.25, 0.3) is 0 Å². The topological polar surface area (TPSA) is 77.7 Å². The Bertz CT molecular complexity index is 542. The van der Waals surface area contributed by atoms with Crippen LogP contribution in [-0.2, 0) is 4.43 Å². The third-order valence-corrected chi connectivity index (χ3v) is 8.84. The molecular weight excluding hydrogens is 310 g/mol. The van der Waals surface area contributed by atoms with Gasteiger partial charge in [0.25, 0.3) is 0 Å². The lowest BCUT2D eigenvalue weighted by Crippen LogP contribution is -2.43. The second-order valence-electron chi connectivity index (χ2n) is 7.39. The maximum atomic E-state index is 10.9. The smallest absolute Gasteiger partial charge is 0.409 e. The van der Waals surface area contributed by atoms with E-state index >= 15 is 0 Å². The number of pyridine rings is 1. The lowest BCUT2D eigenvalue weighted by Gasteiger charge is -2.38. The van der Waals surface area contributed by atoms with Crippen LogP contribution in [0.3, 0.4) is 0 Å². The molecule has 1 rings (SSSR count). The van der Waals surface area contributed by atoms with Gasteiger partial charge in [-0.15, -0.1) is 0 Å². The Morgan fingerprint density at radius 3 is 2.48 bits per heavy atom. The summed E-state index contributed by atoms with van der Waals surface area (Å²) in [4.78, 5) is 17.3. The summed E-state index contributed by atoms with van der Waals surface area (Å²) in [6.45, 7) is 11.6. The molecule has 0 fully saturated rings. The number of carbonyl (C=O) groups excluding carboxylic acids is 1. The first-order chi connectivity index (χ1) is 10.4. The third kappa shape index (κ3) is 5.60. The van der Waals surface area contributed by atoms with Gasteiger partial charge < -0.3 is 14.9 Å². The summed E-state index contributed by atoms with van der Waals surface area (Å²) in [5.74, 6) is 0.390. The zero-order valence-corrected chi connectivity index (χ0v) is 16.2. The monoisotopic (exact) mass is 339 g/mol. The molecule has 7 heteroatoms. The van der Waals surface area contributed by atoms with E-state index in [-0.39, 0.29) is 11.1 Å². The zero-order chi connectivity index (χ0) is 17.8. The number of ether oxygens (including phenoxy) is 1. The first kappa shape index (κ1) is 19.6. The van der Waals surface area contributed by atoms with Crippen LogP contribution in [0.15, 0.2) is 18.3 Å². The van der Waals surface area contributed by atoms with Gasteiger partial charge in [0.15, 0.2) is 8.32 Å². The highest BCUT2D eigenvalue weighted by Gasteiger charge is 2.38. The molecule has 0 aliphatic carbocycles. The summed E-state index contributed by atoms with van der Waals surface area (Å²) in [6, 6.07) is 3.31. The summed E-state index contributed by atoms with van der Waals surface area (Å²) < 4.78 is 11.3. The van der Waals surface area contributed by atoms with Crippen molar-refractivity contribution in [2.75, 3.05) is 20.7 Å². The van der Waals surface area contributed by atoms with E-state index in [2.05, 4.69) is 38.8 Å². The van der Waals surface area contributed by atoms with Crippen LogP contribution in [0.2, 0.25) is 18.1 Å². The fraction of sp³-hybridized carbons (Fsp3) is 0.625. The van der Waals surface area contributed by atoms with Gasteiger partial charge in [0, 0.05) is 12.3 Å². The predicted molar refractivity (Wildman–Crippen MR) is 94.0 cm³/mol. The number of rotatable bonds is 6. The molecule has 0 saturated heterocycles. The Labute approximate surface area is 140 Å². The highest BCUT2D eigenvalue weighted by Crippen LogP contribution is 2.37. The SMILES string of the molecule is CN(C)[C@@H](CO[Si](C)(C)C(C)(C)C)c1cc(OC(N)=O)ccn1. The highest BCUT2D eigenvalue weighted by atomic mass is 28.4. The van der Waals surface area contributed by atoms with Gasteiger partial charge in [-0.05, 0) is 38.3 Å². The fourth-order valence-corrected chi connectivity index (χ4v) is 2.80. The molecule has 1 atom stereocenters. The van der Waals surface area contributed by atoms with Gasteiger partial charge in [0.1, 0.15) is 5.75 Å². The van der Waals surface area contributed by atoms with E-state index in [1.165, 1.54) is 0 Å². The summed E-state index contributed by atoms with van der Waals surface area (Å²) in [6.07, 6.45) is 0.775. The molecule has 130 valence electrons. The lowest BCUT2D eigenvalue weighted by atomic mass is 10.2. The lowest BCUT2D eigenvalue weighted by molar-refractivity contribution is 0.171. The molecule has 1 aromatic rings. The molecule has 1 heterocycles. The van der Waals surface area contributed by atoms with Crippen LogP contribution in [0, 0.1) is 0 Å². The van der Waals surface area contributed by atoms with E-state index in [1.807, 2.05) is 19.0 Å². The van der Waals surface area contributed by atoms with Gasteiger partial charge in [-0.25, -0.2) is 4.79 Å². The Morgan fingerprint density at radius 2 is 2.00 bits per heavy atom. The normalized spacial score (nSPS) is 13.9. The van der Waals surface area contributed by atoms with Crippen molar-refractivity contribution in [3.8, 4) is 5.75 Å². The number of hydrogen-bond acceptors (Lipinski definition) is 5. The first-order valence-electron chi connectivity index (χ1n) is 7.67. The van der Waals surface area contributed by atoms with E-state index in [0.717, 1.165) is 5.69 Å². The van der Waals surface area contributed by atoms with Crippen molar-refractivity contribution in [2.45, 2.75) is 44.9 Å². The van der Waals surface area contributed by atoms with E-state index < -0.39 is 14.4 Å². The average molecular weight is 340 g/mol. The Kier molecular flexibility index (Phi) is 6.32. The van der Waals surface area contributed by atoms with E-state index in [1.54, 1.807) is 18.3 Å². The number of nitrogens with zero attached hydrogens (tertiary/aromatic N) is 2. The average Bonchev–Trinajstić information content (AvgIpc) is 2.36. The zero-order valence-electron chi connectivity index (χ0n) is 15.2. The maximum Gasteiger partial charge on any atom is 0.409 e. The number of primary amides is 1. The quantitative estimate of drug-likeness (QED) is 0.806. The number of aromatic nitrogens is 1. The van der Waals surface area contributed by atoms with Crippen LogP contribution >= 0.6 is 0 Å². The Balaban J connectivity index is 2.93. The van der Waals surface area contributed by atoms with Crippen molar-refractivity contribution in [3.05, 3.63) is 24.0 Å².